The summed E-state index contributed by atoms with van der Waals surface area (Å²) in [6.45, 7) is 0. The molecule has 4 aliphatic carbocycles. The molecule has 0 aliphatic heterocycles. The van der Waals surface area contributed by atoms with Gasteiger partial charge in [0.1, 0.15) is 23.0 Å². The Labute approximate surface area is 347 Å². The standard InChI is InChI=1S/C54H40N6/c55-33-42-51(57-43-25-9-1-17-34(43)35-18-2-10-26-44(35)57)53(59-47-29-13-5-21-38(47)39-22-6-14-30-48(39)59)56-54(60-49-31-15-7-23-40(49)41-24-8-16-32-50(41)60)52(42)58-45-27-11-3-19-36(45)37-20-4-12-28-46(37)58/h1,3,5,7,9-17,19,21,23,25-32H,2,4,6,8,18,20,22,24H2. The van der Waals surface area contributed by atoms with Crippen LogP contribution in [0.5, 0.6) is 0 Å². The highest BCUT2D eigenvalue weighted by Gasteiger charge is 2.34. The Bertz CT molecular complexity index is 3280. The molecule has 4 aromatic carbocycles. The maximum absolute atomic E-state index is 12.2. The smallest absolute Gasteiger partial charge is 0.166 e. The summed E-state index contributed by atoms with van der Waals surface area (Å²) in [5, 5.41) is 17.1. The summed E-state index contributed by atoms with van der Waals surface area (Å²) in [5.41, 5.74) is 16.3. The molecule has 5 heterocycles. The molecule has 0 N–H and O–H groups in total. The molecule has 4 aliphatic rings. The summed E-state index contributed by atoms with van der Waals surface area (Å²) in [7, 11) is 0. The molecular formula is C54H40N6. The van der Waals surface area contributed by atoms with E-state index < -0.39 is 0 Å². The number of hydrogen-bond donors (Lipinski definition) is 0. The first-order chi connectivity index (χ1) is 29.8. The van der Waals surface area contributed by atoms with Crippen molar-refractivity contribution < 1.29 is 0 Å². The van der Waals surface area contributed by atoms with Gasteiger partial charge in [-0.2, -0.15) is 5.26 Å². The van der Waals surface area contributed by atoms with Crippen LogP contribution >= 0.6 is 0 Å². The number of pyridine rings is 1. The van der Waals surface area contributed by atoms with E-state index in [0.717, 1.165) is 119 Å². The van der Waals surface area contributed by atoms with Crippen LogP contribution in [-0.4, -0.2) is 23.3 Å². The maximum atomic E-state index is 12.2. The fourth-order valence-electron chi connectivity index (χ4n) is 11.1. The van der Waals surface area contributed by atoms with E-state index in [0.29, 0.717) is 5.56 Å². The third-order valence-electron chi connectivity index (χ3n) is 13.5. The largest absolute Gasteiger partial charge is 0.305 e. The molecular weight excluding hydrogens is 733 g/mol. The summed E-state index contributed by atoms with van der Waals surface area (Å²) in [5.74, 6) is 1.51. The van der Waals surface area contributed by atoms with Gasteiger partial charge < -0.3 is 9.13 Å². The predicted octanol–water partition coefficient (Wildman–Crippen LogP) is 12.6. The van der Waals surface area contributed by atoms with Crippen molar-refractivity contribution in [2.75, 3.05) is 0 Å². The van der Waals surface area contributed by atoms with Crippen molar-refractivity contribution in [2.24, 2.45) is 0 Å². The average Bonchev–Trinajstić information content (AvgIpc) is 4.04. The van der Waals surface area contributed by atoms with E-state index in [1.165, 1.54) is 43.8 Å². The number of aryl methyl sites for hydroxylation is 4. The summed E-state index contributed by atoms with van der Waals surface area (Å²) in [4.78, 5) is 6.12. The summed E-state index contributed by atoms with van der Waals surface area (Å²) in [6, 6.07) is 38.0. The van der Waals surface area contributed by atoms with Gasteiger partial charge in [-0.05, 0) is 122 Å². The molecule has 0 bridgehead atoms. The lowest BCUT2D eigenvalue weighted by Gasteiger charge is -2.26. The van der Waals surface area contributed by atoms with E-state index in [2.05, 4.69) is 170 Å². The van der Waals surface area contributed by atoms with Gasteiger partial charge in [0.2, 0.25) is 0 Å². The van der Waals surface area contributed by atoms with Crippen molar-refractivity contribution in [3.8, 4) is 29.1 Å². The molecule has 0 saturated carbocycles. The highest BCUT2D eigenvalue weighted by molar-refractivity contribution is 5.98. The lowest BCUT2D eigenvalue weighted by molar-refractivity contribution is 0.880. The Morgan fingerprint density at radius 3 is 1.03 bits per heavy atom. The molecule has 9 aromatic rings. The molecule has 0 unspecified atom stereocenters. The minimum Gasteiger partial charge on any atom is -0.305 e. The van der Waals surface area contributed by atoms with Gasteiger partial charge >= 0.3 is 0 Å². The monoisotopic (exact) mass is 772 g/mol. The minimum atomic E-state index is 0.595. The molecule has 0 amide bonds. The molecule has 13 rings (SSSR count). The zero-order chi connectivity index (χ0) is 39.5. The molecule has 0 spiro atoms. The van der Waals surface area contributed by atoms with Gasteiger partial charge in [-0.3, -0.25) is 9.13 Å². The van der Waals surface area contributed by atoms with Crippen molar-refractivity contribution >= 4 is 67.9 Å². The van der Waals surface area contributed by atoms with Crippen LogP contribution < -0.4 is 0 Å². The van der Waals surface area contributed by atoms with Crippen LogP contribution in [0.4, 0.5) is 0 Å². The maximum Gasteiger partial charge on any atom is 0.166 e. The number of nitriles is 1. The lowest BCUT2D eigenvalue weighted by Crippen LogP contribution is -2.19. The average molecular weight is 773 g/mol. The van der Waals surface area contributed by atoms with E-state index in [1.54, 1.807) is 0 Å². The van der Waals surface area contributed by atoms with Crippen molar-refractivity contribution in [1.82, 2.24) is 23.3 Å². The number of rotatable bonds is 4. The minimum absolute atomic E-state index is 0.595. The Morgan fingerprint density at radius 2 is 0.700 bits per heavy atom. The van der Waals surface area contributed by atoms with E-state index >= 15 is 0 Å². The predicted molar refractivity (Wildman–Crippen MR) is 246 cm³/mol. The van der Waals surface area contributed by atoms with Crippen LogP contribution in [0.3, 0.4) is 0 Å². The second-order valence-corrected chi connectivity index (χ2v) is 16.6. The van der Waals surface area contributed by atoms with Gasteiger partial charge in [0.25, 0.3) is 0 Å². The van der Waals surface area contributed by atoms with Gasteiger partial charge in [0.05, 0.1) is 33.5 Å². The van der Waals surface area contributed by atoms with Crippen LogP contribution in [0.25, 0.3) is 90.9 Å². The van der Waals surface area contributed by atoms with Gasteiger partial charge in [0.15, 0.2) is 11.6 Å². The van der Waals surface area contributed by atoms with Crippen molar-refractivity contribution in [3.05, 3.63) is 172 Å². The van der Waals surface area contributed by atoms with Crippen LogP contribution in [0, 0.1) is 11.3 Å². The Morgan fingerprint density at radius 1 is 0.400 bits per heavy atom. The van der Waals surface area contributed by atoms with E-state index in [-0.39, 0.29) is 0 Å². The Balaban J connectivity index is 1.31. The van der Waals surface area contributed by atoms with Crippen LogP contribution in [0.15, 0.2) is 121 Å². The second kappa shape index (κ2) is 12.8. The van der Waals surface area contributed by atoms with E-state index in [4.69, 9.17) is 4.98 Å². The first-order valence-electron chi connectivity index (χ1n) is 21.4. The molecule has 5 aromatic heterocycles. The number of aromatic nitrogens is 5. The number of para-hydroxylation sites is 4. The fourth-order valence-corrected chi connectivity index (χ4v) is 11.1. The second-order valence-electron chi connectivity index (χ2n) is 16.6. The number of benzene rings is 4. The molecule has 0 atom stereocenters. The zero-order valence-electron chi connectivity index (χ0n) is 33.2. The number of nitrogens with zero attached hydrogens (tertiary/aromatic N) is 6. The van der Waals surface area contributed by atoms with E-state index in [1.807, 2.05) is 0 Å². The van der Waals surface area contributed by atoms with Crippen LogP contribution in [0.2, 0.25) is 0 Å². The van der Waals surface area contributed by atoms with Crippen molar-refractivity contribution in [1.29, 1.82) is 5.26 Å². The third kappa shape index (κ3) is 4.49. The highest BCUT2D eigenvalue weighted by Crippen LogP contribution is 2.46. The molecule has 286 valence electrons. The SMILES string of the molecule is N#Cc1c(-n2c3c(c4ccccc42)CCC=C3)c(-n2c3c(c4ccccc42)CCC=C3)nc(-n2c3c(c4ccccc42)CCC=C3)c1-n1c2c(c3ccccc31)CCC=C2. The van der Waals surface area contributed by atoms with Gasteiger partial charge in [0, 0.05) is 32.9 Å². The number of allylic oxidation sites excluding steroid dienone is 4. The number of fused-ring (bicyclic) bond motifs is 12. The quantitative estimate of drug-likeness (QED) is 0.179. The van der Waals surface area contributed by atoms with Crippen LogP contribution in [0.1, 0.15) is 76.3 Å². The first kappa shape index (κ1) is 33.6. The van der Waals surface area contributed by atoms with Gasteiger partial charge in [-0.1, -0.05) is 97.1 Å². The third-order valence-corrected chi connectivity index (χ3v) is 13.5. The van der Waals surface area contributed by atoms with Gasteiger partial charge in [-0.25, -0.2) is 4.98 Å². The molecule has 6 heteroatoms. The topological polar surface area (TPSA) is 56.4 Å². The zero-order valence-corrected chi connectivity index (χ0v) is 33.2. The molecule has 60 heavy (non-hydrogen) atoms. The first-order valence-corrected chi connectivity index (χ1v) is 21.4. The molecule has 0 fully saturated rings. The van der Waals surface area contributed by atoms with Crippen molar-refractivity contribution in [3.63, 3.8) is 0 Å². The molecule has 6 nitrogen and oxygen atoms in total. The van der Waals surface area contributed by atoms with Gasteiger partial charge in [-0.15, -0.1) is 0 Å². The summed E-state index contributed by atoms with van der Waals surface area (Å²) < 4.78 is 9.49. The van der Waals surface area contributed by atoms with Crippen LogP contribution in [-0.2, 0) is 25.7 Å². The summed E-state index contributed by atoms with van der Waals surface area (Å²) in [6.07, 6.45) is 26.0. The number of hydrogen-bond acceptors (Lipinski definition) is 2. The lowest BCUT2D eigenvalue weighted by atomic mass is 10.0. The highest BCUT2D eigenvalue weighted by atomic mass is 15.2. The molecule has 0 radical (unpaired) electrons. The van der Waals surface area contributed by atoms with Crippen molar-refractivity contribution in [2.45, 2.75) is 51.4 Å². The summed E-state index contributed by atoms with van der Waals surface area (Å²) >= 11 is 0. The van der Waals surface area contributed by atoms with E-state index in [9.17, 15) is 5.26 Å². The normalized spacial score (nSPS) is 15.2. The Kier molecular flexibility index (Phi) is 7.18. The fraction of sp³-hybridized carbons (Fsp3) is 0.148. The molecule has 0 saturated heterocycles. The Hall–Kier alpha value is -7.36.